The van der Waals surface area contributed by atoms with Gasteiger partial charge in [0.25, 0.3) is 5.56 Å². The number of ether oxygens (including phenoxy) is 1. The number of fused-ring (bicyclic) bond motifs is 1. The minimum Gasteiger partial charge on any atom is -0.448 e. The molecule has 6 nitrogen and oxygen atoms in total. The van der Waals surface area contributed by atoms with Crippen molar-refractivity contribution >= 4 is 28.8 Å². The number of hydrogen-bond acceptors (Lipinski definition) is 5. The van der Waals surface area contributed by atoms with Gasteiger partial charge in [-0.2, -0.15) is 0 Å². The number of carbonyl (C=O) groups excluding carboxylic acids is 1. The van der Waals surface area contributed by atoms with Gasteiger partial charge in [0.15, 0.2) is 5.16 Å². The summed E-state index contributed by atoms with van der Waals surface area (Å²) in [5, 5.41) is 1.40. The lowest BCUT2D eigenvalue weighted by atomic mass is 10.2. The van der Waals surface area contributed by atoms with Gasteiger partial charge in [-0.05, 0) is 18.6 Å². The third-order valence-corrected chi connectivity index (χ3v) is 5.46. The molecule has 0 atom stereocenters. The maximum atomic E-state index is 12.9. The molecule has 7 heteroatoms. The van der Waals surface area contributed by atoms with Crippen LogP contribution in [0.4, 0.5) is 4.79 Å². The summed E-state index contributed by atoms with van der Waals surface area (Å²) >= 11 is 1.53. The second-order valence-corrected chi connectivity index (χ2v) is 7.44. The van der Waals surface area contributed by atoms with Gasteiger partial charge < -0.3 is 9.64 Å². The summed E-state index contributed by atoms with van der Waals surface area (Å²) in [4.78, 5) is 30.9. The maximum absolute atomic E-state index is 12.9. The number of benzene rings is 1. The van der Waals surface area contributed by atoms with Gasteiger partial charge in [0.2, 0.25) is 0 Å². The van der Waals surface area contributed by atoms with Crippen molar-refractivity contribution in [3.63, 3.8) is 0 Å². The van der Waals surface area contributed by atoms with Gasteiger partial charge >= 0.3 is 6.09 Å². The molecular weight excluding hydrogens is 350 g/mol. The number of thioether (sulfide) groups is 1. The lowest BCUT2D eigenvalue weighted by Gasteiger charge is -2.15. The van der Waals surface area contributed by atoms with Crippen LogP contribution in [0.25, 0.3) is 10.9 Å². The van der Waals surface area contributed by atoms with Gasteiger partial charge in [0.1, 0.15) is 6.61 Å². The molecular formula is C19H25N3O3S. The third-order valence-electron chi connectivity index (χ3n) is 4.50. The molecule has 1 saturated heterocycles. The van der Waals surface area contributed by atoms with Crippen molar-refractivity contribution in [2.75, 3.05) is 25.4 Å². The molecule has 0 saturated carbocycles. The van der Waals surface area contributed by atoms with Crippen LogP contribution in [0.15, 0.2) is 34.2 Å². The summed E-state index contributed by atoms with van der Waals surface area (Å²) in [6.07, 6.45) is 4.17. The Bertz CT molecular complexity index is 821. The fourth-order valence-corrected chi connectivity index (χ4v) is 4.01. The van der Waals surface area contributed by atoms with E-state index in [4.69, 9.17) is 9.72 Å². The summed E-state index contributed by atoms with van der Waals surface area (Å²) in [5.74, 6) is 0.689. The fraction of sp³-hybridized carbons (Fsp3) is 0.526. The summed E-state index contributed by atoms with van der Waals surface area (Å²) in [6, 6.07) is 7.48. The molecule has 3 rings (SSSR count). The summed E-state index contributed by atoms with van der Waals surface area (Å²) in [6.45, 7) is 4.55. The number of cyclic esters (lactones) is 1. The minimum atomic E-state index is -0.256. The number of rotatable bonds is 9. The average Bonchev–Trinajstić information content (AvgIpc) is 3.06. The van der Waals surface area contributed by atoms with Crippen LogP contribution in [-0.2, 0) is 11.3 Å². The average molecular weight is 375 g/mol. The van der Waals surface area contributed by atoms with Crippen molar-refractivity contribution in [1.29, 1.82) is 0 Å². The Labute approximate surface area is 157 Å². The van der Waals surface area contributed by atoms with E-state index in [1.54, 1.807) is 9.47 Å². The molecule has 1 aliphatic heterocycles. The molecule has 0 spiro atoms. The summed E-state index contributed by atoms with van der Waals surface area (Å²) in [7, 11) is 0. The van der Waals surface area contributed by atoms with Gasteiger partial charge in [-0.3, -0.25) is 9.36 Å². The molecule has 2 aromatic rings. The molecule has 0 N–H and O–H groups in total. The standard InChI is InChI=1S/C19H25N3O3S/c1-2-3-4-7-10-22-17(23)15-8-5-6-9-16(15)20-18(22)26-14-12-21-11-13-25-19(21)24/h5-6,8-9H,2-4,7,10-14H2,1H3. The van der Waals surface area contributed by atoms with Crippen molar-refractivity contribution < 1.29 is 9.53 Å². The Morgan fingerprint density at radius 2 is 2.00 bits per heavy atom. The highest BCUT2D eigenvalue weighted by molar-refractivity contribution is 7.99. The fourth-order valence-electron chi connectivity index (χ4n) is 3.03. The molecule has 1 aromatic carbocycles. The van der Waals surface area contributed by atoms with E-state index in [1.807, 2.05) is 24.3 Å². The first-order valence-corrected chi connectivity index (χ1v) is 10.2. The molecule has 0 unspecified atom stereocenters. The Morgan fingerprint density at radius 3 is 2.77 bits per heavy atom. The molecule has 1 amide bonds. The van der Waals surface area contributed by atoms with Crippen molar-refractivity contribution in [1.82, 2.24) is 14.5 Å². The molecule has 1 fully saturated rings. The highest BCUT2D eigenvalue weighted by Gasteiger charge is 2.21. The Morgan fingerprint density at radius 1 is 1.15 bits per heavy atom. The Balaban J connectivity index is 1.76. The van der Waals surface area contributed by atoms with E-state index < -0.39 is 0 Å². The monoisotopic (exact) mass is 375 g/mol. The van der Waals surface area contributed by atoms with Crippen molar-refractivity contribution in [3.8, 4) is 0 Å². The molecule has 2 heterocycles. The van der Waals surface area contributed by atoms with Crippen LogP contribution in [0, 0.1) is 0 Å². The summed E-state index contributed by atoms with van der Waals surface area (Å²) in [5.41, 5.74) is 0.751. The smallest absolute Gasteiger partial charge is 0.409 e. The van der Waals surface area contributed by atoms with Crippen LogP contribution in [-0.4, -0.2) is 46.0 Å². The maximum Gasteiger partial charge on any atom is 0.409 e. The zero-order valence-electron chi connectivity index (χ0n) is 15.1. The topological polar surface area (TPSA) is 64.4 Å². The lowest BCUT2D eigenvalue weighted by molar-refractivity contribution is 0.160. The molecule has 0 radical (unpaired) electrons. The predicted molar refractivity (Wildman–Crippen MR) is 104 cm³/mol. The van der Waals surface area contributed by atoms with E-state index in [0.717, 1.165) is 23.5 Å². The first-order valence-electron chi connectivity index (χ1n) is 9.25. The van der Waals surface area contributed by atoms with Crippen LogP contribution >= 0.6 is 11.8 Å². The first kappa shape index (κ1) is 18.8. The van der Waals surface area contributed by atoms with Gasteiger partial charge in [-0.15, -0.1) is 0 Å². The molecule has 1 aliphatic rings. The van der Waals surface area contributed by atoms with Crippen LogP contribution in [0.2, 0.25) is 0 Å². The Kier molecular flexibility index (Phi) is 6.55. The predicted octanol–water partition coefficient (Wildman–Crippen LogP) is 3.52. The zero-order valence-corrected chi connectivity index (χ0v) is 16.0. The van der Waals surface area contributed by atoms with Crippen LogP contribution in [0.1, 0.15) is 32.6 Å². The van der Waals surface area contributed by atoms with E-state index in [0.29, 0.717) is 37.4 Å². The molecule has 0 bridgehead atoms. The zero-order chi connectivity index (χ0) is 18.4. The van der Waals surface area contributed by atoms with Crippen LogP contribution in [0.5, 0.6) is 0 Å². The molecule has 140 valence electrons. The Hall–Kier alpha value is -2.02. The lowest BCUT2D eigenvalue weighted by Crippen LogP contribution is -2.27. The van der Waals surface area contributed by atoms with Crippen LogP contribution in [0.3, 0.4) is 0 Å². The number of nitrogens with zero attached hydrogens (tertiary/aromatic N) is 3. The van der Waals surface area contributed by atoms with Crippen molar-refractivity contribution in [3.05, 3.63) is 34.6 Å². The van der Waals surface area contributed by atoms with E-state index in [1.165, 1.54) is 24.6 Å². The van der Waals surface area contributed by atoms with E-state index >= 15 is 0 Å². The number of aromatic nitrogens is 2. The number of amides is 1. The van der Waals surface area contributed by atoms with Crippen molar-refractivity contribution in [2.24, 2.45) is 0 Å². The number of unbranched alkanes of at least 4 members (excludes halogenated alkanes) is 3. The van der Waals surface area contributed by atoms with Gasteiger partial charge in [0.05, 0.1) is 17.4 Å². The van der Waals surface area contributed by atoms with Gasteiger partial charge in [0, 0.05) is 18.8 Å². The van der Waals surface area contributed by atoms with Crippen molar-refractivity contribution in [2.45, 2.75) is 44.3 Å². The quantitative estimate of drug-likeness (QED) is 0.381. The van der Waals surface area contributed by atoms with E-state index in [2.05, 4.69) is 6.92 Å². The first-order chi connectivity index (χ1) is 12.7. The minimum absolute atomic E-state index is 0.0233. The largest absolute Gasteiger partial charge is 0.448 e. The van der Waals surface area contributed by atoms with E-state index in [9.17, 15) is 9.59 Å². The van der Waals surface area contributed by atoms with Gasteiger partial charge in [-0.25, -0.2) is 9.78 Å². The second kappa shape index (κ2) is 9.07. The highest BCUT2D eigenvalue weighted by Crippen LogP contribution is 2.19. The number of hydrogen-bond donors (Lipinski definition) is 0. The van der Waals surface area contributed by atoms with Crippen LogP contribution < -0.4 is 5.56 Å². The second-order valence-electron chi connectivity index (χ2n) is 6.38. The summed E-state index contributed by atoms with van der Waals surface area (Å²) < 4.78 is 6.75. The van der Waals surface area contributed by atoms with Gasteiger partial charge in [-0.1, -0.05) is 50.1 Å². The molecule has 1 aromatic heterocycles. The molecule has 26 heavy (non-hydrogen) atoms. The molecule has 0 aliphatic carbocycles. The highest BCUT2D eigenvalue weighted by atomic mass is 32.2. The SMILES string of the molecule is CCCCCCn1c(SCCN2CCOC2=O)nc2ccccc2c1=O. The normalized spacial score (nSPS) is 14.2. The third kappa shape index (κ3) is 4.38. The number of carbonyl (C=O) groups is 1. The van der Waals surface area contributed by atoms with E-state index in [-0.39, 0.29) is 11.7 Å². The number of para-hydroxylation sites is 1.